The van der Waals surface area contributed by atoms with Gasteiger partial charge in [-0.3, -0.25) is 0 Å². The summed E-state index contributed by atoms with van der Waals surface area (Å²) in [5.74, 6) is 0. The molecule has 3 aromatic heterocycles. The molecule has 0 aliphatic heterocycles. The summed E-state index contributed by atoms with van der Waals surface area (Å²) < 4.78 is 11.2. The molecule has 0 saturated carbocycles. The first-order valence-corrected chi connectivity index (χ1v) is 15.4. The molecule has 10 aromatic rings. The molecule has 0 amide bonds. The third kappa shape index (κ3) is 3.41. The first-order valence-electron chi connectivity index (χ1n) is 15.4. The standard InChI is InChI=1S/C42H26N2O/c1-2-11-28(12-3-1)43-35-18-7-4-14-33(35)40-37(43)25-26-38-41(40)34-15-5-8-19-36(34)44(38)29-23-21-27(22-24-29)30-16-10-17-32-31-13-6-9-20-39(31)45-42(30)32/h1-26H. The van der Waals surface area contributed by atoms with Gasteiger partial charge in [0.25, 0.3) is 0 Å². The lowest BCUT2D eigenvalue weighted by molar-refractivity contribution is 0.670. The second kappa shape index (κ2) is 9.22. The van der Waals surface area contributed by atoms with Crippen molar-refractivity contribution in [1.82, 2.24) is 9.13 Å². The summed E-state index contributed by atoms with van der Waals surface area (Å²) in [7, 11) is 0. The van der Waals surface area contributed by atoms with E-state index in [1.54, 1.807) is 0 Å². The van der Waals surface area contributed by atoms with Crippen LogP contribution in [0.5, 0.6) is 0 Å². The van der Waals surface area contributed by atoms with Crippen LogP contribution in [0.1, 0.15) is 0 Å². The molecule has 0 N–H and O–H groups in total. The maximum absolute atomic E-state index is 6.36. The summed E-state index contributed by atoms with van der Waals surface area (Å²) >= 11 is 0. The molecule has 0 spiro atoms. The summed E-state index contributed by atoms with van der Waals surface area (Å²) in [6, 6.07) is 56.4. The Hall–Kier alpha value is -6.06. The predicted octanol–water partition coefficient (Wildman–Crippen LogP) is 11.4. The number of aromatic nitrogens is 2. The number of hydrogen-bond acceptors (Lipinski definition) is 1. The number of para-hydroxylation sites is 5. The van der Waals surface area contributed by atoms with Gasteiger partial charge in [-0.15, -0.1) is 0 Å². The van der Waals surface area contributed by atoms with Gasteiger partial charge < -0.3 is 13.6 Å². The van der Waals surface area contributed by atoms with Crippen molar-refractivity contribution in [3.63, 3.8) is 0 Å². The van der Waals surface area contributed by atoms with Crippen molar-refractivity contribution in [2.24, 2.45) is 0 Å². The summed E-state index contributed by atoms with van der Waals surface area (Å²) in [4.78, 5) is 0. The van der Waals surface area contributed by atoms with Gasteiger partial charge in [0.1, 0.15) is 11.2 Å². The summed E-state index contributed by atoms with van der Waals surface area (Å²) in [5, 5.41) is 7.38. The van der Waals surface area contributed by atoms with Crippen molar-refractivity contribution < 1.29 is 4.42 Å². The molecule has 7 aromatic carbocycles. The molecule has 3 heterocycles. The molecule has 0 saturated heterocycles. The molecule has 0 fully saturated rings. The molecule has 10 rings (SSSR count). The molecule has 45 heavy (non-hydrogen) atoms. The highest BCUT2D eigenvalue weighted by molar-refractivity contribution is 6.28. The monoisotopic (exact) mass is 574 g/mol. The lowest BCUT2D eigenvalue weighted by Crippen LogP contribution is -1.94. The Bertz CT molecular complexity index is 2740. The number of furan rings is 1. The molecular formula is C42H26N2O. The number of nitrogens with zero attached hydrogens (tertiary/aromatic N) is 2. The molecular weight excluding hydrogens is 548 g/mol. The Balaban J connectivity index is 1.22. The first kappa shape index (κ1) is 24.4. The van der Waals surface area contributed by atoms with E-state index in [1.807, 2.05) is 12.1 Å². The Morgan fingerprint density at radius 1 is 0.356 bits per heavy atom. The predicted molar refractivity (Wildman–Crippen MR) is 188 cm³/mol. The fourth-order valence-corrected chi connectivity index (χ4v) is 7.42. The number of hydrogen-bond donors (Lipinski definition) is 0. The molecule has 0 aliphatic carbocycles. The van der Waals surface area contributed by atoms with Crippen LogP contribution in [-0.2, 0) is 0 Å². The van der Waals surface area contributed by atoms with Crippen LogP contribution in [0.15, 0.2) is 162 Å². The van der Waals surface area contributed by atoms with Gasteiger partial charge in [-0.1, -0.05) is 103 Å². The van der Waals surface area contributed by atoms with Crippen LogP contribution in [0.25, 0.3) is 88.1 Å². The Labute approximate surface area is 258 Å². The van der Waals surface area contributed by atoms with Crippen LogP contribution >= 0.6 is 0 Å². The smallest absolute Gasteiger partial charge is 0.143 e. The van der Waals surface area contributed by atoms with Crippen molar-refractivity contribution in [3.05, 3.63) is 158 Å². The van der Waals surface area contributed by atoms with Crippen molar-refractivity contribution in [3.8, 4) is 22.5 Å². The number of fused-ring (bicyclic) bond motifs is 10. The van der Waals surface area contributed by atoms with E-state index in [0.29, 0.717) is 0 Å². The number of benzene rings is 7. The van der Waals surface area contributed by atoms with Gasteiger partial charge in [-0.05, 0) is 60.2 Å². The maximum Gasteiger partial charge on any atom is 0.143 e. The van der Waals surface area contributed by atoms with E-state index in [4.69, 9.17) is 4.42 Å². The highest BCUT2D eigenvalue weighted by atomic mass is 16.3. The van der Waals surface area contributed by atoms with E-state index in [1.165, 1.54) is 49.3 Å². The fraction of sp³-hybridized carbons (Fsp3) is 0. The Morgan fingerprint density at radius 3 is 1.56 bits per heavy atom. The van der Waals surface area contributed by atoms with E-state index in [2.05, 4.69) is 155 Å². The molecule has 3 heteroatoms. The van der Waals surface area contributed by atoms with Crippen molar-refractivity contribution in [1.29, 1.82) is 0 Å². The molecule has 0 atom stereocenters. The van der Waals surface area contributed by atoms with Crippen molar-refractivity contribution >= 4 is 65.6 Å². The van der Waals surface area contributed by atoms with Crippen LogP contribution in [-0.4, -0.2) is 9.13 Å². The normalized spacial score (nSPS) is 12.0. The van der Waals surface area contributed by atoms with Gasteiger partial charge in [0.2, 0.25) is 0 Å². The fourth-order valence-electron chi connectivity index (χ4n) is 7.42. The second-order valence-corrected chi connectivity index (χ2v) is 11.7. The molecule has 0 radical (unpaired) electrons. The van der Waals surface area contributed by atoms with Crippen molar-refractivity contribution in [2.45, 2.75) is 0 Å². The second-order valence-electron chi connectivity index (χ2n) is 11.7. The highest BCUT2D eigenvalue weighted by Gasteiger charge is 2.20. The Morgan fingerprint density at radius 2 is 0.889 bits per heavy atom. The lowest BCUT2D eigenvalue weighted by Gasteiger charge is -2.10. The average molecular weight is 575 g/mol. The van der Waals surface area contributed by atoms with E-state index >= 15 is 0 Å². The van der Waals surface area contributed by atoms with Crippen LogP contribution in [0.3, 0.4) is 0 Å². The van der Waals surface area contributed by atoms with E-state index in [0.717, 1.165) is 38.8 Å². The maximum atomic E-state index is 6.36. The summed E-state index contributed by atoms with van der Waals surface area (Å²) in [5.41, 5.74) is 11.2. The zero-order chi connectivity index (χ0) is 29.5. The van der Waals surface area contributed by atoms with Gasteiger partial charge in [0.05, 0.1) is 22.1 Å². The first-order chi connectivity index (χ1) is 22.3. The van der Waals surface area contributed by atoms with Crippen LogP contribution in [0.2, 0.25) is 0 Å². The van der Waals surface area contributed by atoms with Gasteiger partial charge >= 0.3 is 0 Å². The van der Waals surface area contributed by atoms with E-state index in [9.17, 15) is 0 Å². The zero-order valence-corrected chi connectivity index (χ0v) is 24.3. The van der Waals surface area contributed by atoms with Gasteiger partial charge in [-0.2, -0.15) is 0 Å². The minimum atomic E-state index is 0.918. The van der Waals surface area contributed by atoms with Crippen LogP contribution in [0.4, 0.5) is 0 Å². The molecule has 0 bridgehead atoms. The van der Waals surface area contributed by atoms with Gasteiger partial charge in [-0.25, -0.2) is 0 Å². The molecule has 3 nitrogen and oxygen atoms in total. The largest absolute Gasteiger partial charge is 0.455 e. The van der Waals surface area contributed by atoms with Gasteiger partial charge in [0, 0.05) is 49.3 Å². The van der Waals surface area contributed by atoms with Gasteiger partial charge in [0.15, 0.2) is 0 Å². The van der Waals surface area contributed by atoms with E-state index in [-0.39, 0.29) is 0 Å². The third-order valence-electron chi connectivity index (χ3n) is 9.33. The molecule has 0 aliphatic rings. The topological polar surface area (TPSA) is 23.0 Å². The third-order valence-corrected chi connectivity index (χ3v) is 9.33. The Kier molecular flexibility index (Phi) is 5.00. The van der Waals surface area contributed by atoms with Crippen LogP contribution < -0.4 is 0 Å². The lowest BCUT2D eigenvalue weighted by atomic mass is 10.0. The highest BCUT2D eigenvalue weighted by Crippen LogP contribution is 2.42. The minimum Gasteiger partial charge on any atom is -0.455 e. The van der Waals surface area contributed by atoms with Crippen LogP contribution in [0, 0.1) is 0 Å². The minimum absolute atomic E-state index is 0.918. The number of rotatable bonds is 3. The zero-order valence-electron chi connectivity index (χ0n) is 24.3. The molecule has 210 valence electrons. The SMILES string of the molecule is c1ccc(-n2c3ccccc3c3c4c5ccccc5n(-c5ccc(-c6cccc7c6oc6ccccc67)cc5)c4ccc32)cc1. The van der Waals surface area contributed by atoms with Crippen molar-refractivity contribution in [2.75, 3.05) is 0 Å². The summed E-state index contributed by atoms with van der Waals surface area (Å²) in [6.07, 6.45) is 0. The average Bonchev–Trinajstić information content (AvgIpc) is 3.76. The summed E-state index contributed by atoms with van der Waals surface area (Å²) in [6.45, 7) is 0. The molecule has 0 unspecified atom stereocenters. The van der Waals surface area contributed by atoms with E-state index < -0.39 is 0 Å². The quantitative estimate of drug-likeness (QED) is 0.206.